The molecule has 0 radical (unpaired) electrons. The number of rotatable bonds is 3. The highest BCUT2D eigenvalue weighted by molar-refractivity contribution is 7.07. The smallest absolute Gasteiger partial charge is 0.191 e. The number of hydrogen-bond donors (Lipinski definition) is 1. The van der Waals surface area contributed by atoms with Gasteiger partial charge in [0.05, 0.1) is 12.6 Å². The lowest BCUT2D eigenvalue weighted by Gasteiger charge is -2.25. The van der Waals surface area contributed by atoms with Crippen molar-refractivity contribution in [3.05, 3.63) is 22.4 Å². The van der Waals surface area contributed by atoms with E-state index in [4.69, 9.17) is 5.73 Å². The van der Waals surface area contributed by atoms with Crippen molar-refractivity contribution < 1.29 is 0 Å². The van der Waals surface area contributed by atoms with Crippen LogP contribution in [0.1, 0.15) is 24.4 Å². The lowest BCUT2D eigenvalue weighted by atomic mass is 10.1. The number of guanidine groups is 1. The fourth-order valence-corrected chi connectivity index (χ4v) is 2.79. The summed E-state index contributed by atoms with van der Waals surface area (Å²) in [5, 5.41) is 4.33. The number of aliphatic imine (C=N–C) groups is 1. The molecule has 1 unspecified atom stereocenters. The molecule has 1 aromatic rings. The minimum atomic E-state index is 0.400. The summed E-state index contributed by atoms with van der Waals surface area (Å²) in [5.74, 6) is 1.59. The summed E-state index contributed by atoms with van der Waals surface area (Å²) in [6.45, 7) is 1.92. The fourth-order valence-electron chi connectivity index (χ4n) is 2.08. The van der Waals surface area contributed by atoms with Gasteiger partial charge in [0.2, 0.25) is 0 Å². The maximum Gasteiger partial charge on any atom is 0.191 e. The van der Waals surface area contributed by atoms with Crippen molar-refractivity contribution in [1.82, 2.24) is 4.90 Å². The molecule has 0 aromatic carbocycles. The van der Waals surface area contributed by atoms with Crippen molar-refractivity contribution in [1.29, 1.82) is 0 Å². The van der Waals surface area contributed by atoms with Crippen LogP contribution in [0.15, 0.2) is 21.8 Å². The molecule has 1 aliphatic carbocycles. The zero-order chi connectivity index (χ0) is 10.3. The van der Waals surface area contributed by atoms with Gasteiger partial charge in [0.15, 0.2) is 5.96 Å². The largest absolute Gasteiger partial charge is 0.370 e. The van der Waals surface area contributed by atoms with E-state index in [0.717, 1.165) is 25.0 Å². The summed E-state index contributed by atoms with van der Waals surface area (Å²) >= 11 is 1.75. The van der Waals surface area contributed by atoms with Crippen LogP contribution in [0.2, 0.25) is 0 Å². The van der Waals surface area contributed by atoms with E-state index in [-0.39, 0.29) is 0 Å². The second-order valence-electron chi connectivity index (χ2n) is 4.37. The monoisotopic (exact) mass is 221 g/mol. The van der Waals surface area contributed by atoms with Crippen LogP contribution in [-0.4, -0.2) is 23.9 Å². The van der Waals surface area contributed by atoms with Crippen LogP contribution < -0.4 is 5.73 Å². The second kappa shape index (κ2) is 3.52. The van der Waals surface area contributed by atoms with Crippen LogP contribution in [0.25, 0.3) is 0 Å². The highest BCUT2D eigenvalue weighted by Crippen LogP contribution is 2.34. The normalized spacial score (nSPS) is 25.7. The molecule has 1 atom stereocenters. The molecule has 1 saturated carbocycles. The van der Waals surface area contributed by atoms with Gasteiger partial charge >= 0.3 is 0 Å². The van der Waals surface area contributed by atoms with Crippen LogP contribution in [-0.2, 0) is 0 Å². The van der Waals surface area contributed by atoms with E-state index in [2.05, 4.69) is 26.7 Å². The Bertz CT molecular complexity index is 367. The molecule has 1 aromatic heterocycles. The van der Waals surface area contributed by atoms with Gasteiger partial charge in [-0.15, -0.1) is 0 Å². The first-order chi connectivity index (χ1) is 7.34. The van der Waals surface area contributed by atoms with E-state index >= 15 is 0 Å². The van der Waals surface area contributed by atoms with E-state index < -0.39 is 0 Å². The quantitative estimate of drug-likeness (QED) is 0.846. The molecule has 3 rings (SSSR count). The minimum Gasteiger partial charge on any atom is -0.370 e. The molecule has 80 valence electrons. The Hall–Kier alpha value is -1.03. The third-order valence-electron chi connectivity index (χ3n) is 3.18. The molecule has 0 saturated heterocycles. The Labute approximate surface area is 93.6 Å². The zero-order valence-corrected chi connectivity index (χ0v) is 9.41. The lowest BCUT2D eigenvalue weighted by molar-refractivity contribution is 0.334. The molecule has 15 heavy (non-hydrogen) atoms. The fraction of sp³-hybridized carbons (Fsp3) is 0.545. The summed E-state index contributed by atoms with van der Waals surface area (Å²) < 4.78 is 0. The number of hydrogen-bond acceptors (Lipinski definition) is 4. The topological polar surface area (TPSA) is 41.6 Å². The number of thiophene rings is 1. The maximum absolute atomic E-state index is 5.93. The third kappa shape index (κ3) is 1.74. The predicted molar refractivity (Wildman–Crippen MR) is 63.0 cm³/mol. The minimum absolute atomic E-state index is 0.400. The molecule has 0 amide bonds. The average Bonchev–Trinajstić information content (AvgIpc) is 2.75. The van der Waals surface area contributed by atoms with E-state index in [9.17, 15) is 0 Å². The SMILES string of the molecule is NC1=NCC(c2ccsc2)N1CC1CC1. The first-order valence-corrected chi connectivity index (χ1v) is 6.37. The first kappa shape index (κ1) is 9.21. The molecule has 2 N–H and O–H groups in total. The Morgan fingerprint density at radius 3 is 3.07 bits per heavy atom. The van der Waals surface area contributed by atoms with E-state index in [1.54, 1.807) is 11.3 Å². The maximum atomic E-state index is 5.93. The standard InChI is InChI=1S/C11H15N3S/c12-11-13-5-10(9-3-4-15-7-9)14(11)6-8-1-2-8/h3-4,7-8,10H,1-2,5-6H2,(H2,12,13). The van der Waals surface area contributed by atoms with Crippen LogP contribution in [0.3, 0.4) is 0 Å². The molecule has 0 bridgehead atoms. The Balaban J connectivity index is 1.78. The Kier molecular flexibility index (Phi) is 2.16. The molecule has 0 spiro atoms. The summed E-state index contributed by atoms with van der Waals surface area (Å²) in [4.78, 5) is 6.64. The zero-order valence-electron chi connectivity index (χ0n) is 8.60. The Morgan fingerprint density at radius 2 is 2.40 bits per heavy atom. The van der Waals surface area contributed by atoms with Gasteiger partial charge in [-0.05, 0) is 41.1 Å². The van der Waals surface area contributed by atoms with Crippen molar-refractivity contribution in [2.45, 2.75) is 18.9 Å². The molecular weight excluding hydrogens is 206 g/mol. The molecule has 4 heteroatoms. The predicted octanol–water partition coefficient (Wildman–Crippen LogP) is 1.83. The van der Waals surface area contributed by atoms with Crippen LogP contribution in [0.5, 0.6) is 0 Å². The van der Waals surface area contributed by atoms with Gasteiger partial charge in [0.25, 0.3) is 0 Å². The van der Waals surface area contributed by atoms with Gasteiger partial charge in [0.1, 0.15) is 0 Å². The van der Waals surface area contributed by atoms with Crippen molar-refractivity contribution in [3.8, 4) is 0 Å². The van der Waals surface area contributed by atoms with E-state index in [0.29, 0.717) is 6.04 Å². The van der Waals surface area contributed by atoms with Crippen molar-refractivity contribution in [3.63, 3.8) is 0 Å². The highest BCUT2D eigenvalue weighted by Gasteiger charge is 2.32. The van der Waals surface area contributed by atoms with Crippen molar-refractivity contribution in [2.24, 2.45) is 16.6 Å². The molecule has 2 heterocycles. The van der Waals surface area contributed by atoms with Gasteiger partial charge in [-0.25, -0.2) is 0 Å². The molecule has 1 aliphatic heterocycles. The molecular formula is C11H15N3S. The van der Waals surface area contributed by atoms with Crippen molar-refractivity contribution >= 4 is 17.3 Å². The summed E-state index contributed by atoms with van der Waals surface area (Å²) in [6, 6.07) is 2.58. The highest BCUT2D eigenvalue weighted by atomic mass is 32.1. The second-order valence-corrected chi connectivity index (χ2v) is 5.15. The first-order valence-electron chi connectivity index (χ1n) is 5.43. The van der Waals surface area contributed by atoms with Crippen molar-refractivity contribution in [2.75, 3.05) is 13.1 Å². The van der Waals surface area contributed by atoms with Gasteiger partial charge in [-0.1, -0.05) is 0 Å². The number of nitrogens with zero attached hydrogens (tertiary/aromatic N) is 2. The summed E-state index contributed by atoms with van der Waals surface area (Å²) in [5.41, 5.74) is 7.30. The average molecular weight is 221 g/mol. The molecule has 1 fully saturated rings. The third-order valence-corrected chi connectivity index (χ3v) is 3.88. The van der Waals surface area contributed by atoms with Gasteiger partial charge < -0.3 is 10.6 Å². The summed E-state index contributed by atoms with van der Waals surface area (Å²) in [6.07, 6.45) is 2.72. The van der Waals surface area contributed by atoms with Gasteiger partial charge in [0, 0.05) is 6.54 Å². The van der Waals surface area contributed by atoms with Gasteiger partial charge in [-0.2, -0.15) is 11.3 Å². The van der Waals surface area contributed by atoms with E-state index in [1.807, 2.05) is 0 Å². The van der Waals surface area contributed by atoms with Gasteiger partial charge in [-0.3, -0.25) is 4.99 Å². The molecule has 3 nitrogen and oxygen atoms in total. The summed E-state index contributed by atoms with van der Waals surface area (Å²) in [7, 11) is 0. The van der Waals surface area contributed by atoms with E-state index in [1.165, 1.54) is 18.4 Å². The lowest BCUT2D eigenvalue weighted by Crippen LogP contribution is -2.37. The van der Waals surface area contributed by atoms with Crippen LogP contribution in [0, 0.1) is 5.92 Å². The van der Waals surface area contributed by atoms with Crippen LogP contribution in [0.4, 0.5) is 0 Å². The molecule has 2 aliphatic rings. The Morgan fingerprint density at radius 1 is 1.53 bits per heavy atom. The number of nitrogens with two attached hydrogens (primary N) is 1. The van der Waals surface area contributed by atoms with Crippen LogP contribution >= 0.6 is 11.3 Å².